The highest BCUT2D eigenvalue weighted by Crippen LogP contribution is 2.06. The van der Waals surface area contributed by atoms with Gasteiger partial charge in [0.1, 0.15) is 11.9 Å². The Kier molecular flexibility index (Phi) is 7.05. The summed E-state index contributed by atoms with van der Waals surface area (Å²) in [5.74, 6) is 0.387. The molecule has 0 spiro atoms. The van der Waals surface area contributed by atoms with Crippen molar-refractivity contribution >= 4 is 11.4 Å². The van der Waals surface area contributed by atoms with Gasteiger partial charge in [0.05, 0.1) is 12.3 Å². The van der Waals surface area contributed by atoms with Gasteiger partial charge in [0.2, 0.25) is 0 Å². The summed E-state index contributed by atoms with van der Waals surface area (Å²) in [4.78, 5) is 0. The van der Waals surface area contributed by atoms with Gasteiger partial charge in [-0.25, -0.2) is 0 Å². The third-order valence-corrected chi connectivity index (χ3v) is 3.29. The Morgan fingerprint density at radius 3 is 2.36 bits per heavy atom. The zero-order valence-electron chi connectivity index (χ0n) is 9.45. The first-order valence-electron chi connectivity index (χ1n) is 4.88. The Bertz CT molecular complexity index is 162. The molecule has 0 aliphatic heterocycles. The molecule has 0 heterocycles. The molecule has 0 aliphatic rings. The minimum absolute atomic E-state index is 0.108. The molecule has 14 heavy (non-hydrogen) atoms. The van der Waals surface area contributed by atoms with E-state index in [9.17, 15) is 4.55 Å². The number of nitrogens with one attached hydrogen (secondary N) is 1. The van der Waals surface area contributed by atoms with E-state index in [-0.39, 0.29) is 11.3 Å². The van der Waals surface area contributed by atoms with Crippen molar-refractivity contribution in [3.8, 4) is 0 Å². The van der Waals surface area contributed by atoms with Crippen molar-refractivity contribution in [2.75, 3.05) is 6.61 Å². The van der Waals surface area contributed by atoms with E-state index < -0.39 is 11.4 Å². The predicted octanol–water partition coefficient (Wildman–Crippen LogP) is 1.83. The molecule has 3 nitrogen and oxygen atoms in total. The van der Waals surface area contributed by atoms with Crippen LogP contribution >= 0.6 is 0 Å². The van der Waals surface area contributed by atoms with Gasteiger partial charge < -0.3 is 9.29 Å². The standard InChI is InChI=1S/C10H21NO2S/c1-6-13-7-10(8(2)3)11-14(12)9(4)5/h6,8-11H,1,7H2,2-5H3/t10-,14?/m1/s1. The van der Waals surface area contributed by atoms with E-state index in [1.54, 1.807) is 0 Å². The average Bonchev–Trinajstić information content (AvgIpc) is 2.10. The van der Waals surface area contributed by atoms with Gasteiger partial charge in [0, 0.05) is 11.4 Å². The lowest BCUT2D eigenvalue weighted by molar-refractivity contribution is 0.198. The molecule has 0 radical (unpaired) electrons. The number of hydrogen-bond acceptors (Lipinski definition) is 3. The van der Waals surface area contributed by atoms with Crippen LogP contribution in [0.25, 0.3) is 0 Å². The molecule has 0 aliphatic carbocycles. The van der Waals surface area contributed by atoms with Crippen molar-refractivity contribution in [2.24, 2.45) is 5.92 Å². The molecule has 0 amide bonds. The van der Waals surface area contributed by atoms with Crippen LogP contribution in [0, 0.1) is 5.92 Å². The van der Waals surface area contributed by atoms with E-state index in [2.05, 4.69) is 25.1 Å². The summed E-state index contributed by atoms with van der Waals surface area (Å²) in [6, 6.07) is 0.108. The maximum absolute atomic E-state index is 11.5. The van der Waals surface area contributed by atoms with Crippen molar-refractivity contribution in [2.45, 2.75) is 39.0 Å². The fraction of sp³-hybridized carbons (Fsp3) is 0.800. The fourth-order valence-corrected chi connectivity index (χ4v) is 1.73. The summed E-state index contributed by atoms with van der Waals surface area (Å²) in [5, 5.41) is 0.125. The first kappa shape index (κ1) is 13.8. The maximum Gasteiger partial charge on any atom is 0.129 e. The van der Waals surface area contributed by atoms with Crippen molar-refractivity contribution in [3.63, 3.8) is 0 Å². The van der Waals surface area contributed by atoms with E-state index >= 15 is 0 Å². The molecule has 0 saturated heterocycles. The minimum Gasteiger partial charge on any atom is -0.598 e. The number of ether oxygens (including phenoxy) is 1. The van der Waals surface area contributed by atoms with E-state index in [1.807, 2.05) is 13.8 Å². The van der Waals surface area contributed by atoms with Crippen molar-refractivity contribution < 1.29 is 9.29 Å². The lowest BCUT2D eigenvalue weighted by Gasteiger charge is -2.24. The van der Waals surface area contributed by atoms with Crippen LogP contribution in [-0.4, -0.2) is 22.5 Å². The van der Waals surface area contributed by atoms with Gasteiger partial charge in [0.25, 0.3) is 0 Å². The SMILES string of the molecule is C=COC[C@@H](N[S+]([O-])C(C)C)C(C)C. The van der Waals surface area contributed by atoms with Crippen LogP contribution in [0.2, 0.25) is 0 Å². The first-order valence-corrected chi connectivity index (χ1v) is 6.09. The summed E-state index contributed by atoms with van der Waals surface area (Å²) in [5.41, 5.74) is 0. The molecule has 84 valence electrons. The highest BCUT2D eigenvalue weighted by atomic mass is 32.2. The van der Waals surface area contributed by atoms with E-state index in [0.29, 0.717) is 12.5 Å². The molecule has 1 N–H and O–H groups in total. The van der Waals surface area contributed by atoms with Crippen molar-refractivity contribution in [3.05, 3.63) is 12.8 Å². The second kappa shape index (κ2) is 7.15. The Labute approximate surface area is 90.2 Å². The molecule has 2 atom stereocenters. The Hall–Kier alpha value is -0.190. The summed E-state index contributed by atoms with van der Waals surface area (Å²) < 4.78 is 19.7. The lowest BCUT2D eigenvalue weighted by atomic mass is 10.1. The second-order valence-corrected chi connectivity index (χ2v) is 5.59. The van der Waals surface area contributed by atoms with Crippen LogP contribution in [0.3, 0.4) is 0 Å². The lowest BCUT2D eigenvalue weighted by Crippen LogP contribution is -2.44. The summed E-state index contributed by atoms with van der Waals surface area (Å²) in [6.07, 6.45) is 1.41. The van der Waals surface area contributed by atoms with Gasteiger partial charge in [-0.2, -0.15) is 0 Å². The third-order valence-electron chi connectivity index (χ3n) is 1.89. The molecule has 0 fully saturated rings. The van der Waals surface area contributed by atoms with Gasteiger partial charge in [-0.1, -0.05) is 20.4 Å². The summed E-state index contributed by atoms with van der Waals surface area (Å²) in [7, 11) is 0. The quantitative estimate of drug-likeness (QED) is 0.525. The van der Waals surface area contributed by atoms with Gasteiger partial charge in [-0.05, 0) is 19.8 Å². The predicted molar refractivity (Wildman–Crippen MR) is 61.2 cm³/mol. The number of hydrogen-bond donors (Lipinski definition) is 1. The smallest absolute Gasteiger partial charge is 0.129 e. The van der Waals surface area contributed by atoms with Gasteiger partial charge in [0.15, 0.2) is 0 Å². The molecule has 4 heteroatoms. The molecule has 0 aromatic carbocycles. The second-order valence-electron chi connectivity index (χ2n) is 3.81. The van der Waals surface area contributed by atoms with E-state index in [4.69, 9.17) is 4.74 Å². The Morgan fingerprint density at radius 2 is 2.00 bits per heavy atom. The Balaban J connectivity index is 4.01. The average molecular weight is 219 g/mol. The largest absolute Gasteiger partial charge is 0.598 e. The normalized spacial score (nSPS) is 15.6. The van der Waals surface area contributed by atoms with Crippen LogP contribution in [0.1, 0.15) is 27.7 Å². The molecule has 0 aromatic rings. The molecular formula is C10H21NO2S. The number of rotatable bonds is 7. The molecule has 1 unspecified atom stereocenters. The maximum atomic E-state index is 11.5. The zero-order chi connectivity index (χ0) is 11.1. The van der Waals surface area contributed by atoms with Crippen LogP contribution in [0.5, 0.6) is 0 Å². The summed E-state index contributed by atoms with van der Waals surface area (Å²) in [6.45, 7) is 12.0. The van der Waals surface area contributed by atoms with Crippen LogP contribution < -0.4 is 4.72 Å². The van der Waals surface area contributed by atoms with Crippen LogP contribution in [-0.2, 0) is 16.1 Å². The molecular weight excluding hydrogens is 198 g/mol. The van der Waals surface area contributed by atoms with Crippen LogP contribution in [0.4, 0.5) is 0 Å². The van der Waals surface area contributed by atoms with Gasteiger partial charge >= 0.3 is 0 Å². The van der Waals surface area contributed by atoms with Gasteiger partial charge in [-0.3, -0.25) is 0 Å². The van der Waals surface area contributed by atoms with Gasteiger partial charge in [-0.15, -0.1) is 4.72 Å². The highest BCUT2D eigenvalue weighted by Gasteiger charge is 2.21. The summed E-state index contributed by atoms with van der Waals surface area (Å²) >= 11 is -0.990. The van der Waals surface area contributed by atoms with E-state index in [1.165, 1.54) is 6.26 Å². The molecule has 0 bridgehead atoms. The van der Waals surface area contributed by atoms with E-state index in [0.717, 1.165) is 0 Å². The van der Waals surface area contributed by atoms with Crippen LogP contribution in [0.15, 0.2) is 12.8 Å². The Morgan fingerprint density at radius 1 is 1.43 bits per heavy atom. The molecule has 0 aromatic heterocycles. The topological polar surface area (TPSA) is 44.3 Å². The first-order chi connectivity index (χ1) is 6.49. The molecule has 0 rings (SSSR count). The van der Waals surface area contributed by atoms with Crippen molar-refractivity contribution in [1.82, 2.24) is 4.72 Å². The third kappa shape index (κ3) is 5.52. The highest BCUT2D eigenvalue weighted by molar-refractivity contribution is 7.90. The minimum atomic E-state index is -0.990. The molecule has 0 saturated carbocycles. The van der Waals surface area contributed by atoms with Crippen molar-refractivity contribution in [1.29, 1.82) is 0 Å². The fourth-order valence-electron chi connectivity index (χ4n) is 0.820. The zero-order valence-corrected chi connectivity index (χ0v) is 10.3. The monoisotopic (exact) mass is 219 g/mol.